The van der Waals surface area contributed by atoms with E-state index in [1.807, 2.05) is 12.1 Å². The molecule has 4 N–H and O–H groups in total. The molecule has 0 radical (unpaired) electrons. The number of nitrogens with zero attached hydrogens (tertiary/aromatic N) is 3. The number of aliphatic hydroxyl groups is 1. The third-order valence-electron chi connectivity index (χ3n) is 5.18. The Morgan fingerprint density at radius 2 is 1.93 bits per heavy atom. The van der Waals surface area contributed by atoms with Crippen molar-refractivity contribution in [1.82, 2.24) is 4.90 Å². The molecule has 0 spiro atoms. The number of piperazine rings is 1. The van der Waals surface area contributed by atoms with Crippen molar-refractivity contribution in [2.75, 3.05) is 55.3 Å². The SMILES string of the molecule is N/C(=N\C(=S)Nc1ccc(N2CCN(CCO)CC2)cc1)SCC1CCC1. The molecule has 27 heavy (non-hydrogen) atoms. The van der Waals surface area contributed by atoms with E-state index in [-0.39, 0.29) is 6.61 Å². The molecular formula is C19H29N5OS2. The number of benzene rings is 1. The number of hydrogen-bond donors (Lipinski definition) is 3. The molecule has 1 saturated heterocycles. The summed E-state index contributed by atoms with van der Waals surface area (Å²) in [5, 5.41) is 13.1. The highest BCUT2D eigenvalue weighted by Crippen LogP contribution is 2.29. The number of hydrogen-bond acceptors (Lipinski definition) is 5. The zero-order valence-electron chi connectivity index (χ0n) is 15.6. The second kappa shape index (κ2) is 10.3. The summed E-state index contributed by atoms with van der Waals surface area (Å²) in [6.07, 6.45) is 3.97. The van der Waals surface area contributed by atoms with Crippen LogP contribution in [-0.2, 0) is 0 Å². The number of anilines is 2. The first-order valence-corrected chi connectivity index (χ1v) is 11.0. The molecule has 0 bridgehead atoms. The van der Waals surface area contributed by atoms with Gasteiger partial charge in [-0.2, -0.15) is 4.99 Å². The summed E-state index contributed by atoms with van der Waals surface area (Å²) in [4.78, 5) is 8.93. The predicted molar refractivity (Wildman–Crippen MR) is 120 cm³/mol. The van der Waals surface area contributed by atoms with Crippen LogP contribution in [0.15, 0.2) is 29.3 Å². The van der Waals surface area contributed by atoms with E-state index in [1.54, 1.807) is 11.8 Å². The van der Waals surface area contributed by atoms with Gasteiger partial charge in [0.05, 0.1) is 6.61 Å². The van der Waals surface area contributed by atoms with Gasteiger partial charge in [-0.1, -0.05) is 18.2 Å². The number of amidine groups is 1. The van der Waals surface area contributed by atoms with Crippen molar-refractivity contribution in [2.24, 2.45) is 16.6 Å². The normalized spacial score (nSPS) is 19.0. The maximum absolute atomic E-state index is 9.04. The first-order chi connectivity index (χ1) is 13.1. The molecule has 3 rings (SSSR count). The molecule has 6 nitrogen and oxygen atoms in total. The van der Waals surface area contributed by atoms with E-state index in [9.17, 15) is 0 Å². The van der Waals surface area contributed by atoms with Crippen LogP contribution in [0.4, 0.5) is 11.4 Å². The molecule has 148 valence electrons. The maximum atomic E-state index is 9.04. The van der Waals surface area contributed by atoms with Crippen molar-refractivity contribution in [3.8, 4) is 0 Å². The van der Waals surface area contributed by atoms with Crippen LogP contribution in [0.3, 0.4) is 0 Å². The van der Waals surface area contributed by atoms with Crippen molar-refractivity contribution in [3.63, 3.8) is 0 Å². The van der Waals surface area contributed by atoms with Gasteiger partial charge in [-0.15, -0.1) is 0 Å². The average Bonchev–Trinajstić information content (AvgIpc) is 2.62. The van der Waals surface area contributed by atoms with Gasteiger partial charge in [0.1, 0.15) is 0 Å². The van der Waals surface area contributed by atoms with Gasteiger partial charge >= 0.3 is 0 Å². The van der Waals surface area contributed by atoms with E-state index in [0.29, 0.717) is 10.3 Å². The Morgan fingerprint density at radius 1 is 1.22 bits per heavy atom. The molecule has 1 aliphatic heterocycles. The van der Waals surface area contributed by atoms with Crippen LogP contribution in [0, 0.1) is 5.92 Å². The molecule has 0 unspecified atom stereocenters. The number of aliphatic hydroxyl groups excluding tert-OH is 1. The lowest BCUT2D eigenvalue weighted by molar-refractivity contribution is 0.189. The first kappa shape index (κ1) is 20.4. The van der Waals surface area contributed by atoms with Crippen molar-refractivity contribution >= 4 is 45.6 Å². The Morgan fingerprint density at radius 3 is 2.52 bits per heavy atom. The van der Waals surface area contributed by atoms with Crippen LogP contribution >= 0.6 is 24.0 Å². The summed E-state index contributed by atoms with van der Waals surface area (Å²) in [5.41, 5.74) is 8.09. The van der Waals surface area contributed by atoms with Crippen LogP contribution in [0.25, 0.3) is 0 Å². The summed E-state index contributed by atoms with van der Waals surface area (Å²) < 4.78 is 0. The van der Waals surface area contributed by atoms with Crippen LogP contribution < -0.4 is 16.0 Å². The Labute approximate surface area is 171 Å². The monoisotopic (exact) mass is 407 g/mol. The molecule has 1 heterocycles. The third-order valence-corrected chi connectivity index (χ3v) is 6.39. The van der Waals surface area contributed by atoms with Gasteiger partial charge in [0.15, 0.2) is 10.3 Å². The smallest absolute Gasteiger partial charge is 0.199 e. The van der Waals surface area contributed by atoms with Gasteiger partial charge in [0, 0.05) is 49.9 Å². The fourth-order valence-corrected chi connectivity index (χ4v) is 4.44. The van der Waals surface area contributed by atoms with Gasteiger partial charge < -0.3 is 21.1 Å². The quantitative estimate of drug-likeness (QED) is 0.380. The van der Waals surface area contributed by atoms with Crippen LogP contribution in [-0.4, -0.2) is 65.4 Å². The Hall–Kier alpha value is -1.35. The number of nitrogens with two attached hydrogens (primary N) is 1. The highest BCUT2D eigenvalue weighted by molar-refractivity contribution is 8.13. The number of rotatable bonds is 6. The van der Waals surface area contributed by atoms with Crippen molar-refractivity contribution in [3.05, 3.63) is 24.3 Å². The number of aliphatic imine (C=N–C) groups is 1. The zero-order chi connectivity index (χ0) is 19.1. The predicted octanol–water partition coefficient (Wildman–Crippen LogP) is 2.35. The van der Waals surface area contributed by atoms with Gasteiger partial charge in [0.25, 0.3) is 0 Å². The van der Waals surface area contributed by atoms with Crippen LogP contribution in [0.5, 0.6) is 0 Å². The Balaban J connectivity index is 1.45. The molecule has 1 aromatic carbocycles. The first-order valence-electron chi connectivity index (χ1n) is 9.60. The topological polar surface area (TPSA) is 77.1 Å². The number of β-amino-alcohol motifs (C(OH)–C–C–N with tert-alkyl or cyclic N) is 1. The van der Waals surface area contributed by atoms with E-state index in [1.165, 1.54) is 24.9 Å². The standard InChI is InChI=1S/C19H29N5OS2/c20-18(27-14-15-2-1-3-15)22-19(26)21-16-4-6-17(7-5-16)24-10-8-23(9-11-24)12-13-25/h4-7,15,25H,1-3,8-14H2,(H3,20,21,22,26). The molecule has 8 heteroatoms. The Kier molecular flexibility index (Phi) is 7.75. The average molecular weight is 408 g/mol. The summed E-state index contributed by atoms with van der Waals surface area (Å²) in [6, 6.07) is 8.25. The van der Waals surface area contributed by atoms with Gasteiger partial charge in [-0.3, -0.25) is 4.90 Å². The molecular weight excluding hydrogens is 378 g/mol. The fraction of sp³-hybridized carbons (Fsp3) is 0.579. The highest BCUT2D eigenvalue weighted by Gasteiger charge is 2.18. The van der Waals surface area contributed by atoms with Gasteiger partial charge in [0.2, 0.25) is 0 Å². The second-order valence-corrected chi connectivity index (χ2v) is 8.51. The zero-order valence-corrected chi connectivity index (χ0v) is 17.3. The van der Waals surface area contributed by atoms with Crippen molar-refractivity contribution < 1.29 is 5.11 Å². The minimum absolute atomic E-state index is 0.229. The minimum atomic E-state index is 0.229. The molecule has 0 atom stereocenters. The number of nitrogens with one attached hydrogen (secondary N) is 1. The number of thioether (sulfide) groups is 1. The largest absolute Gasteiger partial charge is 0.395 e. The van der Waals surface area contributed by atoms with E-state index < -0.39 is 0 Å². The van der Waals surface area contributed by atoms with E-state index in [0.717, 1.165) is 50.1 Å². The molecule has 1 saturated carbocycles. The van der Waals surface area contributed by atoms with E-state index >= 15 is 0 Å². The van der Waals surface area contributed by atoms with E-state index in [4.69, 9.17) is 23.1 Å². The highest BCUT2D eigenvalue weighted by atomic mass is 32.2. The third kappa shape index (κ3) is 6.34. The lowest BCUT2D eigenvalue weighted by atomic mass is 9.87. The second-order valence-electron chi connectivity index (χ2n) is 7.09. The summed E-state index contributed by atoms with van der Waals surface area (Å²) in [7, 11) is 0. The van der Waals surface area contributed by atoms with Crippen LogP contribution in [0.2, 0.25) is 0 Å². The van der Waals surface area contributed by atoms with Gasteiger partial charge in [-0.25, -0.2) is 0 Å². The summed E-state index contributed by atoms with van der Waals surface area (Å²) in [5.74, 6) is 1.83. The van der Waals surface area contributed by atoms with Crippen molar-refractivity contribution in [1.29, 1.82) is 0 Å². The maximum Gasteiger partial charge on any atom is 0.199 e. The molecule has 2 aliphatic rings. The van der Waals surface area contributed by atoms with E-state index in [2.05, 4.69) is 32.2 Å². The van der Waals surface area contributed by atoms with Crippen molar-refractivity contribution in [2.45, 2.75) is 19.3 Å². The molecule has 2 fully saturated rings. The van der Waals surface area contributed by atoms with Crippen LogP contribution in [0.1, 0.15) is 19.3 Å². The fourth-order valence-electron chi connectivity index (χ4n) is 3.27. The van der Waals surface area contributed by atoms with Gasteiger partial charge in [-0.05, 0) is 55.2 Å². The minimum Gasteiger partial charge on any atom is -0.395 e. The molecule has 0 aromatic heterocycles. The summed E-state index contributed by atoms with van der Waals surface area (Å²) >= 11 is 6.90. The lowest BCUT2D eigenvalue weighted by Crippen LogP contribution is -2.47. The number of thiocarbonyl (C=S) groups is 1. The Bertz CT molecular complexity index is 640. The lowest BCUT2D eigenvalue weighted by Gasteiger charge is -2.35. The molecule has 0 amide bonds. The summed E-state index contributed by atoms with van der Waals surface area (Å²) in [6.45, 7) is 4.91. The molecule has 1 aromatic rings. The molecule has 1 aliphatic carbocycles.